The van der Waals surface area contributed by atoms with E-state index in [4.69, 9.17) is 4.74 Å². The third-order valence-electron chi connectivity index (χ3n) is 2.97. The minimum Gasteiger partial charge on any atom is -0.420 e. The molecule has 23 heavy (non-hydrogen) atoms. The van der Waals surface area contributed by atoms with Crippen LogP contribution in [0.15, 0.2) is 71.7 Å². The Kier molecular flexibility index (Phi) is 4.63. The Balaban J connectivity index is 1.68. The minimum absolute atomic E-state index is 0.377. The summed E-state index contributed by atoms with van der Waals surface area (Å²) in [6.07, 6.45) is 8.12. The average molecular weight is 370 g/mol. The van der Waals surface area contributed by atoms with Crippen molar-refractivity contribution in [3.63, 3.8) is 0 Å². The van der Waals surface area contributed by atoms with Crippen LogP contribution in [0, 0.1) is 0 Å². The molecule has 3 rings (SSSR count). The molecule has 0 unspecified atom stereocenters. The maximum atomic E-state index is 11.8. The van der Waals surface area contributed by atoms with Gasteiger partial charge in [-0.15, -0.1) is 0 Å². The van der Waals surface area contributed by atoms with Crippen molar-refractivity contribution in [2.75, 3.05) is 0 Å². The molecule has 0 atom stereocenters. The van der Waals surface area contributed by atoms with E-state index in [0.29, 0.717) is 10.4 Å². The van der Waals surface area contributed by atoms with Crippen molar-refractivity contribution in [1.82, 2.24) is 14.8 Å². The lowest BCUT2D eigenvalue weighted by atomic mass is 10.3. The van der Waals surface area contributed by atoms with Crippen LogP contribution in [0.4, 0.5) is 0 Å². The van der Waals surface area contributed by atoms with Gasteiger partial charge in [0.2, 0.25) is 0 Å². The zero-order valence-corrected chi connectivity index (χ0v) is 13.6. The van der Waals surface area contributed by atoms with Gasteiger partial charge in [-0.2, -0.15) is 5.10 Å². The first-order chi connectivity index (χ1) is 11.2. The molecule has 2 aromatic heterocycles. The summed E-state index contributed by atoms with van der Waals surface area (Å²) in [7, 11) is 0. The molecule has 3 aromatic rings. The van der Waals surface area contributed by atoms with Gasteiger partial charge >= 0.3 is 5.97 Å². The van der Waals surface area contributed by atoms with Crippen LogP contribution in [-0.2, 0) is 4.79 Å². The van der Waals surface area contributed by atoms with E-state index in [1.807, 2.05) is 36.5 Å². The fraction of sp³-hybridized carbons (Fsp3) is 0. The number of benzene rings is 1. The van der Waals surface area contributed by atoms with Gasteiger partial charge in [0.25, 0.3) is 0 Å². The van der Waals surface area contributed by atoms with Crippen molar-refractivity contribution >= 4 is 28.0 Å². The number of nitrogens with zero attached hydrogens (tertiary/aromatic N) is 3. The highest BCUT2D eigenvalue weighted by molar-refractivity contribution is 9.10. The molecular weight excluding hydrogens is 358 g/mol. The second kappa shape index (κ2) is 7.02. The summed E-state index contributed by atoms with van der Waals surface area (Å²) in [5.74, 6) is -0.103. The summed E-state index contributed by atoms with van der Waals surface area (Å²) in [5, 5.41) is 4.26. The lowest BCUT2D eigenvalue weighted by molar-refractivity contribution is -0.128. The van der Waals surface area contributed by atoms with E-state index in [9.17, 15) is 4.79 Å². The summed E-state index contributed by atoms with van der Waals surface area (Å²) in [6.45, 7) is 0. The third-order valence-corrected chi connectivity index (χ3v) is 3.57. The van der Waals surface area contributed by atoms with Crippen LogP contribution in [0.3, 0.4) is 0 Å². The number of esters is 1. The van der Waals surface area contributed by atoms with Crippen molar-refractivity contribution in [2.45, 2.75) is 0 Å². The Morgan fingerprint density at radius 1 is 1.17 bits per heavy atom. The Hall–Kier alpha value is -2.73. The molecule has 0 aliphatic rings. The van der Waals surface area contributed by atoms with Gasteiger partial charge in [0.05, 0.1) is 11.9 Å². The van der Waals surface area contributed by atoms with Crippen LogP contribution in [0.2, 0.25) is 0 Å². The molecule has 114 valence electrons. The van der Waals surface area contributed by atoms with Crippen molar-refractivity contribution in [3.05, 3.63) is 77.3 Å². The van der Waals surface area contributed by atoms with Gasteiger partial charge in [0, 0.05) is 24.0 Å². The molecule has 6 heteroatoms. The summed E-state index contributed by atoms with van der Waals surface area (Å²) < 4.78 is 7.42. The summed E-state index contributed by atoms with van der Waals surface area (Å²) in [4.78, 5) is 15.8. The lowest BCUT2D eigenvalue weighted by Gasteiger charge is -2.01. The van der Waals surface area contributed by atoms with E-state index < -0.39 is 5.97 Å². The van der Waals surface area contributed by atoms with Crippen molar-refractivity contribution < 1.29 is 9.53 Å². The van der Waals surface area contributed by atoms with E-state index in [0.717, 1.165) is 11.3 Å². The number of hydrogen-bond acceptors (Lipinski definition) is 4. The first-order valence-corrected chi connectivity index (χ1v) is 7.62. The molecule has 2 heterocycles. The summed E-state index contributed by atoms with van der Waals surface area (Å²) in [5.41, 5.74) is 1.75. The normalized spacial score (nSPS) is 10.8. The van der Waals surface area contributed by atoms with Crippen molar-refractivity contribution in [1.29, 1.82) is 0 Å². The molecule has 0 N–H and O–H groups in total. The fourth-order valence-corrected chi connectivity index (χ4v) is 2.23. The van der Waals surface area contributed by atoms with Gasteiger partial charge in [-0.25, -0.2) is 14.5 Å². The fourth-order valence-electron chi connectivity index (χ4n) is 1.90. The number of para-hydroxylation sites is 1. The number of ether oxygens (including phenoxy) is 1. The first kappa shape index (κ1) is 15.2. The van der Waals surface area contributed by atoms with Gasteiger partial charge in [0.15, 0.2) is 5.75 Å². The SMILES string of the molecule is O=C(/C=C/c1cnn(-c2ccccc2)c1)Oc1cccnc1Br. The largest absolute Gasteiger partial charge is 0.420 e. The van der Waals surface area contributed by atoms with E-state index in [1.54, 1.807) is 35.3 Å². The molecule has 0 aliphatic carbocycles. The zero-order valence-electron chi connectivity index (χ0n) is 12.0. The predicted molar refractivity (Wildman–Crippen MR) is 90.2 cm³/mol. The van der Waals surface area contributed by atoms with E-state index in [1.165, 1.54) is 6.08 Å². The molecular formula is C17H12BrN3O2. The average Bonchev–Trinajstić information content (AvgIpc) is 3.05. The molecule has 0 aliphatic heterocycles. The standard InChI is InChI=1S/C17H12BrN3O2/c18-17-15(7-4-10-19-17)23-16(22)9-8-13-11-20-21(12-13)14-5-2-1-3-6-14/h1-12H/b9-8+. The molecule has 0 fully saturated rings. The highest BCUT2D eigenvalue weighted by Crippen LogP contribution is 2.21. The molecule has 0 saturated heterocycles. The van der Waals surface area contributed by atoms with Crippen LogP contribution in [0.5, 0.6) is 5.75 Å². The zero-order chi connectivity index (χ0) is 16.1. The van der Waals surface area contributed by atoms with Crippen LogP contribution in [0.25, 0.3) is 11.8 Å². The second-order valence-electron chi connectivity index (χ2n) is 4.60. The number of halogens is 1. The smallest absolute Gasteiger partial charge is 0.336 e. The Bertz CT molecular complexity index is 844. The first-order valence-electron chi connectivity index (χ1n) is 6.83. The maximum absolute atomic E-state index is 11.8. The van der Waals surface area contributed by atoms with Gasteiger partial charge in [0.1, 0.15) is 4.60 Å². The minimum atomic E-state index is -0.480. The van der Waals surface area contributed by atoms with Crippen LogP contribution >= 0.6 is 15.9 Å². The van der Waals surface area contributed by atoms with Crippen molar-refractivity contribution in [2.24, 2.45) is 0 Å². The highest BCUT2D eigenvalue weighted by Gasteiger charge is 2.05. The number of aromatic nitrogens is 3. The van der Waals surface area contributed by atoms with Crippen molar-refractivity contribution in [3.8, 4) is 11.4 Å². The number of carbonyl (C=O) groups is 1. The van der Waals surface area contributed by atoms with E-state index in [2.05, 4.69) is 26.0 Å². The number of pyridine rings is 1. The molecule has 0 spiro atoms. The van der Waals surface area contributed by atoms with E-state index >= 15 is 0 Å². The lowest BCUT2D eigenvalue weighted by Crippen LogP contribution is -2.04. The van der Waals surface area contributed by atoms with Gasteiger partial charge in [-0.3, -0.25) is 0 Å². The molecule has 5 nitrogen and oxygen atoms in total. The topological polar surface area (TPSA) is 57.0 Å². The third kappa shape index (κ3) is 3.92. The quantitative estimate of drug-likeness (QED) is 0.400. The molecule has 0 bridgehead atoms. The Labute approximate surface area is 141 Å². The monoisotopic (exact) mass is 369 g/mol. The summed E-state index contributed by atoms with van der Waals surface area (Å²) in [6, 6.07) is 13.1. The maximum Gasteiger partial charge on any atom is 0.336 e. The highest BCUT2D eigenvalue weighted by atomic mass is 79.9. The van der Waals surface area contributed by atoms with Crippen LogP contribution in [-0.4, -0.2) is 20.7 Å². The molecule has 0 radical (unpaired) electrons. The Morgan fingerprint density at radius 2 is 2.00 bits per heavy atom. The predicted octanol–water partition coefficient (Wildman–Crippen LogP) is 3.65. The molecule has 0 saturated carbocycles. The number of rotatable bonds is 4. The van der Waals surface area contributed by atoms with Gasteiger partial charge in [-0.05, 0) is 46.3 Å². The van der Waals surface area contributed by atoms with E-state index in [-0.39, 0.29) is 0 Å². The number of hydrogen-bond donors (Lipinski definition) is 0. The number of carbonyl (C=O) groups excluding carboxylic acids is 1. The van der Waals surface area contributed by atoms with Gasteiger partial charge < -0.3 is 4.74 Å². The molecule has 1 aromatic carbocycles. The van der Waals surface area contributed by atoms with Crippen LogP contribution in [0.1, 0.15) is 5.56 Å². The molecule has 0 amide bonds. The summed E-state index contributed by atoms with van der Waals surface area (Å²) >= 11 is 3.22. The second-order valence-corrected chi connectivity index (χ2v) is 5.35. The Morgan fingerprint density at radius 3 is 2.78 bits per heavy atom. The van der Waals surface area contributed by atoms with Crippen LogP contribution < -0.4 is 4.74 Å². The van der Waals surface area contributed by atoms with Gasteiger partial charge in [-0.1, -0.05) is 18.2 Å².